The van der Waals surface area contributed by atoms with Gasteiger partial charge in [-0.1, -0.05) is 19.3 Å². The van der Waals surface area contributed by atoms with E-state index in [-0.39, 0.29) is 42.8 Å². The highest BCUT2D eigenvalue weighted by Gasteiger charge is 2.27. The Kier molecular flexibility index (Phi) is 8.06. The maximum absolute atomic E-state index is 11.7. The maximum Gasteiger partial charge on any atom is 0.241 e. The number of hydrogen-bond donors (Lipinski definition) is 2. The van der Waals surface area contributed by atoms with Crippen LogP contribution in [0.3, 0.4) is 0 Å². The van der Waals surface area contributed by atoms with Crippen LogP contribution in [0.1, 0.15) is 32.1 Å². The predicted molar refractivity (Wildman–Crippen MR) is 79.7 cm³/mol. The van der Waals surface area contributed by atoms with Crippen LogP contribution in [-0.4, -0.2) is 27.8 Å². The van der Waals surface area contributed by atoms with Crippen LogP contribution in [0.2, 0.25) is 0 Å². The lowest BCUT2D eigenvalue weighted by atomic mass is 9.82. The molecule has 0 unspecified atom stereocenters. The first-order chi connectivity index (χ1) is 8.18. The molecule has 3 N–H and O–H groups in total. The largest absolute Gasteiger partial charge is 0.353 e. The standard InChI is InChI=1S/C12H20N4O.2ClH/c13-12(5-2-1-3-6-12)10-14-11(17)9-16-8-4-7-15-16;;/h4,7-8H,1-3,5-6,9-10,13H2,(H,14,17);2*1H. The van der Waals surface area contributed by atoms with E-state index in [0.717, 1.165) is 12.8 Å². The van der Waals surface area contributed by atoms with E-state index in [1.807, 2.05) is 0 Å². The van der Waals surface area contributed by atoms with Gasteiger partial charge in [-0.15, -0.1) is 24.8 Å². The van der Waals surface area contributed by atoms with Gasteiger partial charge in [0.25, 0.3) is 0 Å². The van der Waals surface area contributed by atoms with E-state index in [2.05, 4.69) is 10.4 Å². The number of nitrogens with two attached hydrogens (primary N) is 1. The third kappa shape index (κ3) is 5.80. The average Bonchev–Trinajstić information content (AvgIpc) is 2.80. The first kappa shape index (κ1) is 18.2. The van der Waals surface area contributed by atoms with Crippen LogP contribution in [0.15, 0.2) is 18.5 Å². The molecule has 1 aliphatic rings. The number of carbonyl (C=O) groups is 1. The molecule has 1 saturated carbocycles. The number of amides is 1. The molecular weight excluding hydrogens is 287 g/mol. The maximum atomic E-state index is 11.7. The number of aromatic nitrogens is 2. The molecule has 0 spiro atoms. The van der Waals surface area contributed by atoms with Gasteiger partial charge in [-0.2, -0.15) is 5.10 Å². The molecule has 7 heteroatoms. The van der Waals surface area contributed by atoms with Crippen molar-refractivity contribution >= 4 is 30.7 Å². The molecule has 0 bridgehead atoms. The average molecular weight is 309 g/mol. The van der Waals surface area contributed by atoms with Crippen molar-refractivity contribution in [2.24, 2.45) is 5.73 Å². The number of hydrogen-bond acceptors (Lipinski definition) is 3. The summed E-state index contributed by atoms with van der Waals surface area (Å²) in [6, 6.07) is 1.80. The minimum atomic E-state index is -0.196. The molecule has 1 amide bonds. The highest BCUT2D eigenvalue weighted by Crippen LogP contribution is 2.24. The van der Waals surface area contributed by atoms with E-state index >= 15 is 0 Å². The summed E-state index contributed by atoms with van der Waals surface area (Å²) in [5, 5.41) is 6.90. The molecular formula is C12H22Cl2N4O. The van der Waals surface area contributed by atoms with Gasteiger partial charge in [0.2, 0.25) is 5.91 Å². The van der Waals surface area contributed by atoms with Crippen molar-refractivity contribution in [3.63, 3.8) is 0 Å². The summed E-state index contributed by atoms with van der Waals surface area (Å²) < 4.78 is 1.61. The van der Waals surface area contributed by atoms with Crippen LogP contribution in [-0.2, 0) is 11.3 Å². The Morgan fingerprint density at radius 2 is 2.00 bits per heavy atom. The number of carbonyl (C=O) groups excluding carboxylic acids is 1. The normalized spacial score (nSPS) is 16.9. The minimum absolute atomic E-state index is 0. The predicted octanol–water partition coefficient (Wildman–Crippen LogP) is 1.50. The second-order valence-corrected chi connectivity index (χ2v) is 4.90. The lowest BCUT2D eigenvalue weighted by Gasteiger charge is -2.33. The molecule has 2 rings (SSSR count). The van der Waals surface area contributed by atoms with Crippen molar-refractivity contribution in [2.75, 3.05) is 6.54 Å². The van der Waals surface area contributed by atoms with Crippen LogP contribution in [0, 0.1) is 0 Å². The number of halogens is 2. The zero-order valence-corrected chi connectivity index (χ0v) is 12.5. The SMILES string of the molecule is Cl.Cl.NC1(CNC(=O)Cn2cccn2)CCCCC1. The van der Waals surface area contributed by atoms with Crippen LogP contribution < -0.4 is 11.1 Å². The smallest absolute Gasteiger partial charge is 0.241 e. The van der Waals surface area contributed by atoms with Gasteiger partial charge in [0, 0.05) is 24.5 Å². The first-order valence-corrected chi connectivity index (χ1v) is 6.21. The quantitative estimate of drug-likeness (QED) is 0.885. The topological polar surface area (TPSA) is 72.9 Å². The first-order valence-electron chi connectivity index (χ1n) is 6.21. The fourth-order valence-corrected chi connectivity index (χ4v) is 2.30. The summed E-state index contributed by atoms with van der Waals surface area (Å²) in [6.45, 7) is 0.843. The molecule has 1 aromatic heterocycles. The van der Waals surface area contributed by atoms with Gasteiger partial charge in [0.15, 0.2) is 0 Å². The fraction of sp³-hybridized carbons (Fsp3) is 0.667. The fourth-order valence-electron chi connectivity index (χ4n) is 2.30. The molecule has 5 nitrogen and oxygen atoms in total. The van der Waals surface area contributed by atoms with Crippen molar-refractivity contribution in [3.8, 4) is 0 Å². The molecule has 110 valence electrons. The van der Waals surface area contributed by atoms with E-state index in [1.54, 1.807) is 23.1 Å². The molecule has 0 atom stereocenters. The van der Waals surface area contributed by atoms with Gasteiger partial charge in [0.05, 0.1) is 0 Å². The van der Waals surface area contributed by atoms with E-state index in [9.17, 15) is 4.79 Å². The Balaban J connectivity index is 0.00000162. The monoisotopic (exact) mass is 308 g/mol. The summed E-state index contributed by atoms with van der Waals surface area (Å²) in [4.78, 5) is 11.7. The summed E-state index contributed by atoms with van der Waals surface area (Å²) in [5.74, 6) is -0.0240. The Morgan fingerprint density at radius 1 is 1.32 bits per heavy atom. The van der Waals surface area contributed by atoms with Gasteiger partial charge < -0.3 is 11.1 Å². The van der Waals surface area contributed by atoms with Gasteiger partial charge in [0.1, 0.15) is 6.54 Å². The summed E-state index contributed by atoms with van der Waals surface area (Å²) in [5.41, 5.74) is 6.05. The van der Waals surface area contributed by atoms with E-state index in [4.69, 9.17) is 5.73 Å². The number of nitrogens with zero attached hydrogens (tertiary/aromatic N) is 2. The summed E-state index contributed by atoms with van der Waals surface area (Å²) >= 11 is 0. The van der Waals surface area contributed by atoms with Crippen molar-refractivity contribution in [1.29, 1.82) is 0 Å². The van der Waals surface area contributed by atoms with Crippen LogP contribution in [0.5, 0.6) is 0 Å². The van der Waals surface area contributed by atoms with Crippen LogP contribution in [0.25, 0.3) is 0 Å². The Hall–Kier alpha value is -0.780. The van der Waals surface area contributed by atoms with Crippen LogP contribution in [0.4, 0.5) is 0 Å². The second kappa shape index (κ2) is 8.40. The molecule has 19 heavy (non-hydrogen) atoms. The van der Waals surface area contributed by atoms with Crippen LogP contribution >= 0.6 is 24.8 Å². The third-order valence-corrected chi connectivity index (χ3v) is 3.35. The van der Waals surface area contributed by atoms with Gasteiger partial charge in [-0.3, -0.25) is 9.48 Å². The molecule has 0 saturated heterocycles. The van der Waals surface area contributed by atoms with E-state index < -0.39 is 0 Å². The highest BCUT2D eigenvalue weighted by atomic mass is 35.5. The van der Waals surface area contributed by atoms with Crippen molar-refractivity contribution in [2.45, 2.75) is 44.2 Å². The Morgan fingerprint density at radius 3 is 2.58 bits per heavy atom. The minimum Gasteiger partial charge on any atom is -0.353 e. The van der Waals surface area contributed by atoms with E-state index in [0.29, 0.717) is 6.54 Å². The van der Waals surface area contributed by atoms with E-state index in [1.165, 1.54) is 19.3 Å². The lowest BCUT2D eigenvalue weighted by molar-refractivity contribution is -0.122. The molecule has 1 aromatic rings. The Bertz CT molecular complexity index is 364. The zero-order chi connectivity index (χ0) is 12.1. The Labute approximate surface area is 126 Å². The van der Waals surface area contributed by atoms with Gasteiger partial charge in [-0.05, 0) is 18.9 Å². The highest BCUT2D eigenvalue weighted by molar-refractivity contribution is 5.85. The molecule has 0 radical (unpaired) electrons. The van der Waals surface area contributed by atoms with Crippen molar-refractivity contribution in [3.05, 3.63) is 18.5 Å². The lowest BCUT2D eigenvalue weighted by Crippen LogP contribution is -2.51. The molecule has 0 aromatic carbocycles. The number of rotatable bonds is 4. The van der Waals surface area contributed by atoms with Gasteiger partial charge >= 0.3 is 0 Å². The third-order valence-electron chi connectivity index (χ3n) is 3.35. The molecule has 1 aliphatic carbocycles. The van der Waals surface area contributed by atoms with Crippen molar-refractivity contribution in [1.82, 2.24) is 15.1 Å². The summed E-state index contributed by atoms with van der Waals surface area (Å²) in [6.07, 6.45) is 9.07. The molecule has 1 fully saturated rings. The van der Waals surface area contributed by atoms with Crippen molar-refractivity contribution < 1.29 is 4.79 Å². The van der Waals surface area contributed by atoms with Gasteiger partial charge in [-0.25, -0.2) is 0 Å². The number of nitrogens with one attached hydrogen (secondary N) is 1. The zero-order valence-electron chi connectivity index (χ0n) is 10.9. The molecule has 0 aliphatic heterocycles. The summed E-state index contributed by atoms with van der Waals surface area (Å²) in [7, 11) is 0. The molecule has 1 heterocycles. The second-order valence-electron chi connectivity index (χ2n) is 4.90.